The number of carbonyl (C=O) groups is 2. The molecule has 0 aromatic rings. The van der Waals surface area contributed by atoms with Crippen LogP contribution in [0.2, 0.25) is 0 Å². The molecule has 0 radical (unpaired) electrons. The van der Waals surface area contributed by atoms with Gasteiger partial charge < -0.3 is 14.7 Å². The Bertz CT molecular complexity index is 311. The van der Waals surface area contributed by atoms with Crippen molar-refractivity contribution in [3.05, 3.63) is 0 Å². The zero-order valence-electron chi connectivity index (χ0n) is 10.7. The van der Waals surface area contributed by atoms with E-state index in [2.05, 4.69) is 4.90 Å². The SMILES string of the molecule is C[C@@H]1CCCN1C(=O)C(=O)N1CCN(C)CC1. The fraction of sp³-hybridized carbons (Fsp3) is 0.833. The molecule has 0 bridgehead atoms. The maximum atomic E-state index is 12.1. The average molecular weight is 239 g/mol. The summed E-state index contributed by atoms with van der Waals surface area (Å²) >= 11 is 0. The van der Waals surface area contributed by atoms with Gasteiger partial charge in [0.25, 0.3) is 0 Å². The molecule has 2 saturated heterocycles. The second kappa shape index (κ2) is 5.04. The van der Waals surface area contributed by atoms with Crippen LogP contribution in [-0.4, -0.2) is 72.3 Å². The predicted molar refractivity (Wildman–Crippen MR) is 64.5 cm³/mol. The first-order chi connectivity index (χ1) is 8.09. The van der Waals surface area contributed by atoms with E-state index in [-0.39, 0.29) is 17.9 Å². The predicted octanol–water partition coefficient (Wildman–Crippen LogP) is -0.229. The van der Waals surface area contributed by atoms with Crippen molar-refractivity contribution in [3.63, 3.8) is 0 Å². The third kappa shape index (κ3) is 2.60. The zero-order chi connectivity index (χ0) is 12.4. The topological polar surface area (TPSA) is 43.9 Å². The van der Waals surface area contributed by atoms with E-state index >= 15 is 0 Å². The number of nitrogens with zero attached hydrogens (tertiary/aromatic N) is 3. The lowest BCUT2D eigenvalue weighted by molar-refractivity contribution is -0.153. The van der Waals surface area contributed by atoms with Gasteiger partial charge in [-0.05, 0) is 26.8 Å². The highest BCUT2D eigenvalue weighted by Crippen LogP contribution is 2.17. The average Bonchev–Trinajstić information content (AvgIpc) is 2.74. The van der Waals surface area contributed by atoms with Gasteiger partial charge in [0.2, 0.25) is 0 Å². The van der Waals surface area contributed by atoms with E-state index in [9.17, 15) is 9.59 Å². The zero-order valence-corrected chi connectivity index (χ0v) is 10.7. The fourth-order valence-corrected chi connectivity index (χ4v) is 2.50. The number of hydrogen-bond acceptors (Lipinski definition) is 3. The summed E-state index contributed by atoms with van der Waals surface area (Å²) in [5.74, 6) is -0.619. The molecule has 2 amide bonds. The van der Waals surface area contributed by atoms with E-state index in [1.54, 1.807) is 9.80 Å². The van der Waals surface area contributed by atoms with Crippen LogP contribution in [0.4, 0.5) is 0 Å². The van der Waals surface area contributed by atoms with Crippen molar-refractivity contribution in [1.29, 1.82) is 0 Å². The molecule has 0 saturated carbocycles. The summed E-state index contributed by atoms with van der Waals surface area (Å²) in [6, 6.07) is 0.221. The van der Waals surface area contributed by atoms with Crippen molar-refractivity contribution in [3.8, 4) is 0 Å². The van der Waals surface area contributed by atoms with Crippen molar-refractivity contribution in [2.45, 2.75) is 25.8 Å². The molecule has 2 aliphatic rings. The molecule has 1 atom stereocenters. The summed E-state index contributed by atoms with van der Waals surface area (Å²) in [5.41, 5.74) is 0. The van der Waals surface area contributed by atoms with Gasteiger partial charge in [-0.25, -0.2) is 0 Å². The minimum atomic E-state index is -0.313. The van der Waals surface area contributed by atoms with E-state index in [4.69, 9.17) is 0 Å². The molecule has 2 aliphatic heterocycles. The Labute approximate surface area is 102 Å². The van der Waals surface area contributed by atoms with Crippen LogP contribution in [0.3, 0.4) is 0 Å². The number of amides is 2. The second-order valence-electron chi connectivity index (χ2n) is 5.09. The molecule has 0 aromatic carbocycles. The lowest BCUT2D eigenvalue weighted by Crippen LogP contribution is -2.52. The summed E-state index contributed by atoms with van der Waals surface area (Å²) < 4.78 is 0. The standard InChI is InChI=1S/C12H21N3O2/c1-10-4-3-5-15(10)12(17)11(16)14-8-6-13(2)7-9-14/h10H,3-9H2,1-2H3/t10-/m1/s1. The van der Waals surface area contributed by atoms with Gasteiger partial charge in [-0.15, -0.1) is 0 Å². The molecular weight excluding hydrogens is 218 g/mol. The van der Waals surface area contributed by atoms with Crippen LogP contribution >= 0.6 is 0 Å². The molecule has 0 unspecified atom stereocenters. The quantitative estimate of drug-likeness (QED) is 0.549. The van der Waals surface area contributed by atoms with Gasteiger partial charge in [-0.1, -0.05) is 0 Å². The summed E-state index contributed by atoms with van der Waals surface area (Å²) in [5, 5.41) is 0. The lowest BCUT2D eigenvalue weighted by atomic mass is 10.2. The first kappa shape index (κ1) is 12.4. The largest absolute Gasteiger partial charge is 0.332 e. The molecule has 2 fully saturated rings. The maximum absolute atomic E-state index is 12.1. The van der Waals surface area contributed by atoms with Gasteiger partial charge in [0, 0.05) is 38.8 Å². The van der Waals surface area contributed by atoms with E-state index in [1.807, 2.05) is 14.0 Å². The Morgan fingerprint density at radius 1 is 1.00 bits per heavy atom. The van der Waals surface area contributed by atoms with Crippen LogP contribution in [0.1, 0.15) is 19.8 Å². The third-order valence-electron chi connectivity index (χ3n) is 3.79. The summed E-state index contributed by atoms with van der Waals surface area (Å²) in [4.78, 5) is 29.7. The molecule has 5 heteroatoms. The molecule has 0 spiro atoms. The highest BCUT2D eigenvalue weighted by Gasteiger charge is 2.33. The van der Waals surface area contributed by atoms with Crippen molar-refractivity contribution < 1.29 is 9.59 Å². The van der Waals surface area contributed by atoms with Crippen molar-refractivity contribution in [1.82, 2.24) is 14.7 Å². The lowest BCUT2D eigenvalue weighted by Gasteiger charge is -2.33. The smallest absolute Gasteiger partial charge is 0.312 e. The van der Waals surface area contributed by atoms with Crippen molar-refractivity contribution in [2.75, 3.05) is 39.8 Å². The highest BCUT2D eigenvalue weighted by atomic mass is 16.2. The fourth-order valence-electron chi connectivity index (χ4n) is 2.50. The normalized spacial score (nSPS) is 26.4. The number of likely N-dealkylation sites (N-methyl/N-ethyl adjacent to an activating group) is 1. The van der Waals surface area contributed by atoms with E-state index in [1.165, 1.54) is 0 Å². The maximum Gasteiger partial charge on any atom is 0.312 e. The van der Waals surface area contributed by atoms with E-state index < -0.39 is 0 Å². The number of piperazine rings is 1. The third-order valence-corrected chi connectivity index (χ3v) is 3.79. The minimum Gasteiger partial charge on any atom is -0.332 e. The molecule has 0 N–H and O–H groups in total. The molecule has 17 heavy (non-hydrogen) atoms. The Morgan fingerprint density at radius 2 is 1.65 bits per heavy atom. The van der Waals surface area contributed by atoms with E-state index in [0.29, 0.717) is 13.1 Å². The van der Waals surface area contributed by atoms with Crippen molar-refractivity contribution >= 4 is 11.8 Å². The van der Waals surface area contributed by atoms with Gasteiger partial charge in [0.1, 0.15) is 0 Å². The number of rotatable bonds is 0. The van der Waals surface area contributed by atoms with Crippen molar-refractivity contribution in [2.24, 2.45) is 0 Å². The minimum absolute atomic E-state index is 0.221. The second-order valence-corrected chi connectivity index (χ2v) is 5.09. The van der Waals surface area contributed by atoms with Gasteiger partial charge in [0.15, 0.2) is 0 Å². The van der Waals surface area contributed by atoms with Crippen LogP contribution in [0, 0.1) is 0 Å². The highest BCUT2D eigenvalue weighted by molar-refractivity contribution is 6.35. The summed E-state index contributed by atoms with van der Waals surface area (Å²) in [7, 11) is 2.03. The number of hydrogen-bond donors (Lipinski definition) is 0. The molecule has 2 heterocycles. The van der Waals surface area contributed by atoms with Crippen LogP contribution in [0.15, 0.2) is 0 Å². The Morgan fingerprint density at radius 3 is 2.18 bits per heavy atom. The van der Waals surface area contributed by atoms with Crippen LogP contribution in [0.25, 0.3) is 0 Å². The summed E-state index contributed by atoms with van der Waals surface area (Å²) in [6.07, 6.45) is 2.03. The molecule has 96 valence electrons. The molecule has 0 aliphatic carbocycles. The Balaban J connectivity index is 1.93. The van der Waals surface area contributed by atoms with Crippen LogP contribution < -0.4 is 0 Å². The van der Waals surface area contributed by atoms with Gasteiger partial charge >= 0.3 is 11.8 Å². The molecule has 2 rings (SSSR count). The van der Waals surface area contributed by atoms with Gasteiger partial charge in [-0.3, -0.25) is 9.59 Å². The molecular formula is C12H21N3O2. The van der Waals surface area contributed by atoms with Gasteiger partial charge in [0.05, 0.1) is 0 Å². The monoisotopic (exact) mass is 239 g/mol. The Hall–Kier alpha value is -1.10. The van der Waals surface area contributed by atoms with Gasteiger partial charge in [-0.2, -0.15) is 0 Å². The first-order valence-electron chi connectivity index (χ1n) is 6.38. The first-order valence-corrected chi connectivity index (χ1v) is 6.38. The Kier molecular flexibility index (Phi) is 3.66. The molecule has 0 aromatic heterocycles. The van der Waals surface area contributed by atoms with Crippen LogP contribution in [-0.2, 0) is 9.59 Å². The molecule has 5 nitrogen and oxygen atoms in total. The van der Waals surface area contributed by atoms with Crippen LogP contribution in [0.5, 0.6) is 0 Å². The summed E-state index contributed by atoms with van der Waals surface area (Å²) in [6.45, 7) is 5.80. The number of likely N-dealkylation sites (tertiary alicyclic amines) is 1. The van der Waals surface area contributed by atoms with E-state index in [0.717, 1.165) is 32.5 Å². The number of carbonyl (C=O) groups excluding carboxylic acids is 2.